The van der Waals surface area contributed by atoms with E-state index in [1.807, 2.05) is 30.3 Å². The van der Waals surface area contributed by atoms with Crippen molar-refractivity contribution in [3.05, 3.63) is 206 Å². The monoisotopic (exact) mass is 750 g/mol. The van der Waals surface area contributed by atoms with Gasteiger partial charge in [-0.05, 0) is 84.0 Å². The van der Waals surface area contributed by atoms with Gasteiger partial charge in [0.15, 0.2) is 5.82 Å². The van der Waals surface area contributed by atoms with Crippen molar-refractivity contribution in [1.82, 2.24) is 9.97 Å². The second kappa shape index (κ2) is 13.4. The van der Waals surface area contributed by atoms with E-state index >= 15 is 0 Å². The van der Waals surface area contributed by atoms with Crippen LogP contribution in [0.3, 0.4) is 0 Å². The normalized spacial score (nSPS) is 11.7. The Morgan fingerprint density at radius 2 is 0.932 bits per heavy atom. The van der Waals surface area contributed by atoms with Crippen LogP contribution in [-0.2, 0) is 0 Å². The Bertz CT molecular complexity index is 3620. The number of para-hydroxylation sites is 2. The number of hydrogen-bond donors (Lipinski definition) is 0. The lowest BCUT2D eigenvalue weighted by Crippen LogP contribution is -1.97. The van der Waals surface area contributed by atoms with Gasteiger partial charge in [0.1, 0.15) is 11.2 Å². The molecule has 274 valence electrons. The van der Waals surface area contributed by atoms with Gasteiger partial charge in [0.05, 0.1) is 11.4 Å². The molecule has 0 aliphatic rings. The van der Waals surface area contributed by atoms with Crippen LogP contribution in [0.2, 0.25) is 0 Å². The molecule has 10 aromatic carbocycles. The Hall–Kier alpha value is -7.88. The molecule has 0 aliphatic carbocycles. The maximum atomic E-state index is 6.46. The molecule has 3 nitrogen and oxygen atoms in total. The van der Waals surface area contributed by atoms with Crippen LogP contribution in [0.1, 0.15) is 0 Å². The summed E-state index contributed by atoms with van der Waals surface area (Å²) in [4.78, 5) is 10.5. The maximum absolute atomic E-state index is 6.46. The van der Waals surface area contributed by atoms with Crippen molar-refractivity contribution in [3.63, 3.8) is 0 Å². The van der Waals surface area contributed by atoms with Crippen molar-refractivity contribution >= 4 is 65.0 Å². The SMILES string of the molecule is c1ccc(-c2nc(-c3cccc(-c4cccc5c4oc4ccccc45)c3)cc(-c3ccc(-c4c5ccccc5cc5c4ccc4ccccc45)c4ccccc34)n2)cc1. The third kappa shape index (κ3) is 5.44. The Morgan fingerprint density at radius 3 is 1.80 bits per heavy atom. The van der Waals surface area contributed by atoms with Crippen LogP contribution < -0.4 is 0 Å². The van der Waals surface area contributed by atoms with E-state index in [1.54, 1.807) is 0 Å². The molecule has 3 heteroatoms. The van der Waals surface area contributed by atoms with Gasteiger partial charge < -0.3 is 4.42 Å². The molecule has 59 heavy (non-hydrogen) atoms. The van der Waals surface area contributed by atoms with Gasteiger partial charge in [-0.3, -0.25) is 0 Å². The zero-order valence-corrected chi connectivity index (χ0v) is 31.9. The fraction of sp³-hybridized carbons (Fsp3) is 0. The number of rotatable bonds is 5. The van der Waals surface area contributed by atoms with Crippen molar-refractivity contribution in [3.8, 4) is 56.2 Å². The molecule has 12 aromatic rings. The van der Waals surface area contributed by atoms with Gasteiger partial charge in [0.25, 0.3) is 0 Å². The lowest BCUT2D eigenvalue weighted by Gasteiger charge is -2.17. The van der Waals surface area contributed by atoms with Gasteiger partial charge in [0.2, 0.25) is 0 Å². The summed E-state index contributed by atoms with van der Waals surface area (Å²) in [5.41, 5.74) is 11.1. The molecule has 0 N–H and O–H groups in total. The Labute approximate surface area is 340 Å². The summed E-state index contributed by atoms with van der Waals surface area (Å²) < 4.78 is 6.46. The molecule has 0 saturated carbocycles. The molecule has 0 aliphatic heterocycles. The average Bonchev–Trinajstić information content (AvgIpc) is 3.70. The molecule has 0 fully saturated rings. The van der Waals surface area contributed by atoms with Crippen molar-refractivity contribution < 1.29 is 4.42 Å². The number of furan rings is 1. The molecule has 2 aromatic heterocycles. The molecule has 0 radical (unpaired) electrons. The number of nitrogens with zero attached hydrogens (tertiary/aromatic N) is 2. The molecule has 0 amide bonds. The number of aromatic nitrogens is 2. The summed E-state index contributed by atoms with van der Waals surface area (Å²) in [6, 6.07) is 73.4. The Morgan fingerprint density at radius 1 is 0.305 bits per heavy atom. The highest BCUT2D eigenvalue weighted by Gasteiger charge is 2.19. The van der Waals surface area contributed by atoms with E-state index in [0.717, 1.165) is 66.5 Å². The van der Waals surface area contributed by atoms with Crippen LogP contribution in [0.5, 0.6) is 0 Å². The highest BCUT2D eigenvalue weighted by Crippen LogP contribution is 2.44. The summed E-state index contributed by atoms with van der Waals surface area (Å²) in [5.74, 6) is 0.683. The van der Waals surface area contributed by atoms with E-state index in [2.05, 4.69) is 176 Å². The van der Waals surface area contributed by atoms with Crippen LogP contribution in [0.4, 0.5) is 0 Å². The van der Waals surface area contributed by atoms with E-state index in [-0.39, 0.29) is 0 Å². The minimum absolute atomic E-state index is 0.683. The molecular formula is C56H34N2O. The average molecular weight is 751 g/mol. The van der Waals surface area contributed by atoms with Gasteiger partial charge in [-0.1, -0.05) is 182 Å². The molecule has 12 rings (SSSR count). The highest BCUT2D eigenvalue weighted by atomic mass is 16.3. The number of hydrogen-bond acceptors (Lipinski definition) is 3. The van der Waals surface area contributed by atoms with Crippen LogP contribution in [-0.4, -0.2) is 9.97 Å². The van der Waals surface area contributed by atoms with Gasteiger partial charge in [-0.25, -0.2) is 9.97 Å². The first kappa shape index (κ1) is 33.3. The lowest BCUT2D eigenvalue weighted by atomic mass is 9.86. The molecule has 0 saturated heterocycles. The first-order valence-electron chi connectivity index (χ1n) is 20.1. The molecule has 2 heterocycles. The van der Waals surface area contributed by atoms with Crippen molar-refractivity contribution in [2.75, 3.05) is 0 Å². The topological polar surface area (TPSA) is 38.9 Å². The lowest BCUT2D eigenvalue weighted by molar-refractivity contribution is 0.670. The van der Waals surface area contributed by atoms with E-state index in [0.29, 0.717) is 5.82 Å². The molecule has 0 unspecified atom stereocenters. The highest BCUT2D eigenvalue weighted by molar-refractivity contribution is 6.23. The maximum Gasteiger partial charge on any atom is 0.160 e. The minimum Gasteiger partial charge on any atom is -0.455 e. The summed E-state index contributed by atoms with van der Waals surface area (Å²) >= 11 is 0. The predicted molar refractivity (Wildman–Crippen MR) is 247 cm³/mol. The van der Waals surface area contributed by atoms with E-state index in [4.69, 9.17) is 14.4 Å². The second-order valence-corrected chi connectivity index (χ2v) is 15.3. The fourth-order valence-electron chi connectivity index (χ4n) is 9.12. The number of benzene rings is 10. The first-order chi connectivity index (χ1) is 29.2. The molecular weight excluding hydrogens is 717 g/mol. The van der Waals surface area contributed by atoms with Crippen LogP contribution in [0.15, 0.2) is 211 Å². The zero-order valence-electron chi connectivity index (χ0n) is 31.9. The summed E-state index contributed by atoms with van der Waals surface area (Å²) in [6.45, 7) is 0. The van der Waals surface area contributed by atoms with Crippen molar-refractivity contribution in [1.29, 1.82) is 0 Å². The fourth-order valence-corrected chi connectivity index (χ4v) is 9.12. The summed E-state index contributed by atoms with van der Waals surface area (Å²) in [5, 5.41) is 12.0. The predicted octanol–water partition coefficient (Wildman–Crippen LogP) is 15.3. The first-order valence-corrected chi connectivity index (χ1v) is 20.1. The van der Waals surface area contributed by atoms with Crippen LogP contribution in [0.25, 0.3) is 121 Å². The Kier molecular flexibility index (Phi) is 7.54. The zero-order chi connectivity index (χ0) is 38.9. The smallest absolute Gasteiger partial charge is 0.160 e. The van der Waals surface area contributed by atoms with Crippen molar-refractivity contribution in [2.24, 2.45) is 0 Å². The van der Waals surface area contributed by atoms with E-state index in [9.17, 15) is 0 Å². The standard InChI is InChI=1S/C56H34N2O/c1-2-15-36(16-3-1)56-57-51(39-19-12-18-37(32-39)42-25-13-26-49-46-24-10-11-27-53(46)59-55(42)49)34-52(58-56)45-30-31-47(44-23-9-8-22-43(44)45)54-41-21-7-5-17-38(41)33-50-40-20-6-4-14-35(40)28-29-48(50)54/h1-34H. The minimum atomic E-state index is 0.683. The largest absolute Gasteiger partial charge is 0.455 e. The Balaban J connectivity index is 1.06. The third-order valence-electron chi connectivity index (χ3n) is 11.9. The molecule has 0 atom stereocenters. The quantitative estimate of drug-likeness (QED) is 0.130. The van der Waals surface area contributed by atoms with Gasteiger partial charge >= 0.3 is 0 Å². The van der Waals surface area contributed by atoms with Crippen LogP contribution >= 0.6 is 0 Å². The van der Waals surface area contributed by atoms with E-state index < -0.39 is 0 Å². The third-order valence-corrected chi connectivity index (χ3v) is 11.9. The van der Waals surface area contributed by atoms with Gasteiger partial charge in [-0.2, -0.15) is 0 Å². The van der Waals surface area contributed by atoms with E-state index in [1.165, 1.54) is 48.8 Å². The van der Waals surface area contributed by atoms with Gasteiger partial charge in [0, 0.05) is 33.0 Å². The van der Waals surface area contributed by atoms with Crippen LogP contribution in [0, 0.1) is 0 Å². The summed E-state index contributed by atoms with van der Waals surface area (Å²) in [6.07, 6.45) is 0. The molecule has 0 bridgehead atoms. The summed E-state index contributed by atoms with van der Waals surface area (Å²) in [7, 11) is 0. The number of fused-ring (bicyclic) bond motifs is 8. The van der Waals surface area contributed by atoms with Crippen molar-refractivity contribution in [2.45, 2.75) is 0 Å². The van der Waals surface area contributed by atoms with Gasteiger partial charge in [-0.15, -0.1) is 0 Å². The molecule has 0 spiro atoms. The second-order valence-electron chi connectivity index (χ2n) is 15.3.